The minimum atomic E-state index is -0.933. The average Bonchev–Trinajstić information content (AvgIpc) is 3.36. The van der Waals surface area contributed by atoms with Crippen LogP contribution in [0.5, 0.6) is 5.75 Å². The molecule has 1 saturated heterocycles. The number of carbonyl (C=O) groups is 2. The number of anilines is 2. The first-order chi connectivity index (χ1) is 16.4. The van der Waals surface area contributed by atoms with Gasteiger partial charge in [-0.25, -0.2) is 4.90 Å². The molecule has 2 atom stereocenters. The maximum Gasteiger partial charge on any atom is 0.271 e. The van der Waals surface area contributed by atoms with Gasteiger partial charge in [0.15, 0.2) is 0 Å². The summed E-state index contributed by atoms with van der Waals surface area (Å²) in [5.41, 5.74) is 1.58. The summed E-state index contributed by atoms with van der Waals surface area (Å²) in [5, 5.41) is 17.6. The molecule has 0 radical (unpaired) electrons. The van der Waals surface area contributed by atoms with Crippen molar-refractivity contribution in [2.75, 3.05) is 17.0 Å². The summed E-state index contributed by atoms with van der Waals surface area (Å²) in [7, 11) is 1.38. The van der Waals surface area contributed by atoms with Crippen molar-refractivity contribution in [2.45, 2.75) is 6.04 Å². The number of fused-ring (bicyclic) bond motifs is 1. The van der Waals surface area contributed by atoms with Crippen molar-refractivity contribution in [3.8, 4) is 5.75 Å². The van der Waals surface area contributed by atoms with Gasteiger partial charge in [0.05, 0.1) is 23.4 Å². The Morgan fingerprint density at radius 1 is 1.00 bits per heavy atom. The second-order valence-electron chi connectivity index (χ2n) is 7.72. The molecule has 2 amide bonds. The van der Waals surface area contributed by atoms with E-state index < -0.39 is 28.7 Å². The van der Waals surface area contributed by atoms with Crippen molar-refractivity contribution >= 4 is 50.5 Å². The molecule has 2 aliphatic heterocycles. The number of ether oxygens (including phenoxy) is 1. The third-order valence-electron chi connectivity index (χ3n) is 5.82. The number of nitrogens with zero attached hydrogens (tertiary/aromatic N) is 4. The van der Waals surface area contributed by atoms with Crippen LogP contribution in [0.4, 0.5) is 17.1 Å². The molecule has 2 heterocycles. The minimum absolute atomic E-state index is 0.0317. The van der Waals surface area contributed by atoms with Gasteiger partial charge < -0.3 is 4.74 Å². The summed E-state index contributed by atoms with van der Waals surface area (Å²) < 4.78 is 6.19. The normalized spacial score (nSPS) is 19.3. The summed E-state index contributed by atoms with van der Waals surface area (Å²) in [5.74, 6) is -1.76. The maximum atomic E-state index is 13.7. The Kier molecular flexibility index (Phi) is 5.37. The summed E-state index contributed by atoms with van der Waals surface area (Å²) in [6.07, 6.45) is 0. The SMILES string of the molecule is COc1ccc([N+](=O)[O-])cc1N1C(=O)C2C(c3ccc(Br)cc3)=NN(c3ccccc3)C2C1=O. The molecule has 0 bridgehead atoms. The topological polar surface area (TPSA) is 105 Å². The third-order valence-corrected chi connectivity index (χ3v) is 6.35. The molecule has 3 aromatic rings. The first-order valence-corrected chi connectivity index (χ1v) is 11.1. The zero-order valence-electron chi connectivity index (χ0n) is 17.8. The van der Waals surface area contributed by atoms with Crippen molar-refractivity contribution in [1.29, 1.82) is 0 Å². The molecule has 10 heteroatoms. The summed E-state index contributed by atoms with van der Waals surface area (Å²) >= 11 is 3.41. The molecule has 3 aromatic carbocycles. The first-order valence-electron chi connectivity index (χ1n) is 10.3. The van der Waals surface area contributed by atoms with Crippen molar-refractivity contribution < 1.29 is 19.2 Å². The van der Waals surface area contributed by atoms with Gasteiger partial charge in [0.25, 0.3) is 11.6 Å². The lowest BCUT2D eigenvalue weighted by Gasteiger charge is -2.22. The second-order valence-corrected chi connectivity index (χ2v) is 8.64. The molecule has 2 aliphatic rings. The number of methoxy groups -OCH3 is 1. The molecule has 2 unspecified atom stereocenters. The third kappa shape index (κ3) is 3.43. The van der Waals surface area contributed by atoms with Gasteiger partial charge in [-0.05, 0) is 35.9 Å². The number of para-hydroxylation sites is 1. The number of amides is 2. The van der Waals surface area contributed by atoms with Crippen LogP contribution in [-0.4, -0.2) is 35.6 Å². The van der Waals surface area contributed by atoms with Crippen LogP contribution >= 0.6 is 15.9 Å². The van der Waals surface area contributed by atoms with Gasteiger partial charge in [0.2, 0.25) is 5.91 Å². The summed E-state index contributed by atoms with van der Waals surface area (Å²) in [6.45, 7) is 0. The number of nitro benzene ring substituents is 1. The number of benzene rings is 3. The van der Waals surface area contributed by atoms with Gasteiger partial charge in [-0.2, -0.15) is 5.10 Å². The number of carbonyl (C=O) groups excluding carboxylic acids is 2. The number of hydrogen-bond acceptors (Lipinski definition) is 7. The lowest BCUT2D eigenvalue weighted by molar-refractivity contribution is -0.384. The van der Waals surface area contributed by atoms with E-state index in [0.29, 0.717) is 17.0 Å². The van der Waals surface area contributed by atoms with Gasteiger partial charge in [0, 0.05) is 16.6 Å². The molecular weight excluding hydrogens is 504 g/mol. The molecule has 0 N–H and O–H groups in total. The van der Waals surface area contributed by atoms with E-state index in [1.807, 2.05) is 42.5 Å². The standard InChI is InChI=1S/C24H17BrN4O5/c1-34-19-12-11-17(29(32)33)13-18(19)27-23(30)20-21(14-7-9-15(25)10-8-14)26-28(22(20)24(27)31)16-5-3-2-4-6-16/h2-13,20,22H,1H3. The van der Waals surface area contributed by atoms with E-state index in [4.69, 9.17) is 4.74 Å². The van der Waals surface area contributed by atoms with Gasteiger partial charge in [-0.1, -0.05) is 46.3 Å². The lowest BCUT2D eigenvalue weighted by Crippen LogP contribution is -2.39. The zero-order chi connectivity index (χ0) is 24.0. The fourth-order valence-electron chi connectivity index (χ4n) is 4.27. The number of hydrazone groups is 1. The van der Waals surface area contributed by atoms with E-state index in [1.54, 1.807) is 17.1 Å². The minimum Gasteiger partial charge on any atom is -0.495 e. The number of nitro groups is 1. The van der Waals surface area contributed by atoms with Crippen LogP contribution in [0.15, 0.2) is 82.4 Å². The molecule has 0 saturated carbocycles. The second kappa shape index (κ2) is 8.38. The van der Waals surface area contributed by atoms with Crippen LogP contribution in [0.2, 0.25) is 0 Å². The van der Waals surface area contributed by atoms with Gasteiger partial charge >= 0.3 is 0 Å². The van der Waals surface area contributed by atoms with Crippen LogP contribution in [0.25, 0.3) is 0 Å². The highest BCUT2D eigenvalue weighted by Gasteiger charge is 2.58. The van der Waals surface area contributed by atoms with Crippen LogP contribution in [0.3, 0.4) is 0 Å². The van der Waals surface area contributed by atoms with Crippen molar-refractivity contribution in [2.24, 2.45) is 11.0 Å². The van der Waals surface area contributed by atoms with E-state index in [-0.39, 0.29) is 17.1 Å². The number of halogens is 1. The van der Waals surface area contributed by atoms with Crippen molar-refractivity contribution in [1.82, 2.24) is 0 Å². The molecule has 9 nitrogen and oxygen atoms in total. The Labute approximate surface area is 202 Å². The quantitative estimate of drug-likeness (QED) is 0.284. The first kappa shape index (κ1) is 21.8. The fraction of sp³-hybridized carbons (Fsp3) is 0.125. The molecule has 0 aromatic heterocycles. The van der Waals surface area contributed by atoms with Gasteiger partial charge in [-0.3, -0.25) is 24.7 Å². The molecule has 0 aliphatic carbocycles. The zero-order valence-corrected chi connectivity index (χ0v) is 19.4. The Balaban J connectivity index is 1.65. The Hall–Kier alpha value is -4.05. The number of hydrogen-bond donors (Lipinski definition) is 0. The molecule has 0 spiro atoms. The monoisotopic (exact) mass is 520 g/mol. The maximum absolute atomic E-state index is 13.7. The average molecular weight is 521 g/mol. The number of imide groups is 1. The predicted molar refractivity (Wildman–Crippen MR) is 129 cm³/mol. The largest absolute Gasteiger partial charge is 0.495 e. The smallest absolute Gasteiger partial charge is 0.271 e. The van der Waals surface area contributed by atoms with Gasteiger partial charge in [0.1, 0.15) is 23.4 Å². The van der Waals surface area contributed by atoms with E-state index in [9.17, 15) is 19.7 Å². The summed E-state index contributed by atoms with van der Waals surface area (Å²) in [4.78, 5) is 39.2. The highest BCUT2D eigenvalue weighted by molar-refractivity contribution is 9.10. The van der Waals surface area contributed by atoms with E-state index in [0.717, 1.165) is 9.37 Å². The van der Waals surface area contributed by atoms with E-state index >= 15 is 0 Å². The van der Waals surface area contributed by atoms with E-state index in [2.05, 4.69) is 21.0 Å². The Morgan fingerprint density at radius 3 is 2.35 bits per heavy atom. The van der Waals surface area contributed by atoms with Crippen molar-refractivity contribution in [3.63, 3.8) is 0 Å². The number of non-ortho nitro benzene ring substituents is 1. The molecule has 5 rings (SSSR count). The van der Waals surface area contributed by atoms with Crippen molar-refractivity contribution in [3.05, 3.63) is 92.9 Å². The molecule has 1 fully saturated rings. The highest BCUT2D eigenvalue weighted by atomic mass is 79.9. The van der Waals surface area contributed by atoms with Crippen LogP contribution in [0, 0.1) is 16.0 Å². The van der Waals surface area contributed by atoms with E-state index in [1.165, 1.54) is 25.3 Å². The van der Waals surface area contributed by atoms with Crippen LogP contribution < -0.4 is 14.6 Å². The Morgan fingerprint density at radius 2 is 1.71 bits per heavy atom. The van der Waals surface area contributed by atoms with Gasteiger partial charge in [-0.15, -0.1) is 0 Å². The van der Waals surface area contributed by atoms with Crippen LogP contribution in [0.1, 0.15) is 5.56 Å². The molecule has 34 heavy (non-hydrogen) atoms. The van der Waals surface area contributed by atoms with Crippen LogP contribution in [-0.2, 0) is 9.59 Å². The predicted octanol–water partition coefficient (Wildman–Crippen LogP) is 4.15. The highest BCUT2D eigenvalue weighted by Crippen LogP contribution is 2.42. The molecule has 170 valence electrons. The lowest BCUT2D eigenvalue weighted by atomic mass is 9.93. The Bertz CT molecular complexity index is 1340. The fourth-order valence-corrected chi connectivity index (χ4v) is 4.54. The molecular formula is C24H17BrN4O5. The number of rotatable bonds is 5. The summed E-state index contributed by atoms with van der Waals surface area (Å²) in [6, 6.07) is 19.3.